The van der Waals surface area contributed by atoms with Gasteiger partial charge in [-0.05, 0) is 75.5 Å². The first-order chi connectivity index (χ1) is 15.3. The Labute approximate surface area is 203 Å². The zero-order chi connectivity index (χ0) is 24.2. The van der Waals surface area contributed by atoms with Crippen molar-refractivity contribution in [1.29, 1.82) is 0 Å². The van der Waals surface area contributed by atoms with Gasteiger partial charge in [-0.2, -0.15) is 0 Å². The Balaban J connectivity index is 1.64. The Morgan fingerprint density at radius 2 is 1.64 bits per heavy atom. The van der Waals surface area contributed by atoms with Gasteiger partial charge in [0.2, 0.25) is 0 Å². The number of ketones is 1. The zero-order valence-corrected chi connectivity index (χ0v) is 22.8. The molecule has 3 aliphatic carbocycles. The van der Waals surface area contributed by atoms with Gasteiger partial charge >= 0.3 is 0 Å². The predicted molar refractivity (Wildman–Crippen MR) is 135 cm³/mol. The Kier molecular flexibility index (Phi) is 6.76. The molecule has 0 bridgehead atoms. The fourth-order valence-corrected chi connectivity index (χ4v) is 8.76. The Morgan fingerprint density at radius 3 is 2.30 bits per heavy atom. The highest BCUT2D eigenvalue weighted by atomic mass is 16.7. The average Bonchev–Trinajstić information content (AvgIpc) is 2.91. The zero-order valence-electron chi connectivity index (χ0n) is 22.8. The summed E-state index contributed by atoms with van der Waals surface area (Å²) in [5, 5.41) is 0. The monoisotopic (exact) mass is 458 g/mol. The molecular weight excluding hydrogens is 408 g/mol. The summed E-state index contributed by atoms with van der Waals surface area (Å²) in [6, 6.07) is 0. The van der Waals surface area contributed by atoms with Gasteiger partial charge in [0.25, 0.3) is 0 Å². The van der Waals surface area contributed by atoms with Crippen LogP contribution in [0, 0.1) is 33.5 Å². The van der Waals surface area contributed by atoms with Crippen LogP contribution < -0.4 is 0 Å². The topological polar surface area (TPSA) is 35.5 Å². The minimum absolute atomic E-state index is 0.0902. The lowest BCUT2D eigenvalue weighted by atomic mass is 9.54. The van der Waals surface area contributed by atoms with E-state index >= 15 is 0 Å². The number of carbonyl (C=O) groups excluding carboxylic acids is 1. The van der Waals surface area contributed by atoms with Crippen molar-refractivity contribution < 1.29 is 14.3 Å². The van der Waals surface area contributed by atoms with Crippen LogP contribution in [0.25, 0.3) is 0 Å². The maximum atomic E-state index is 11.8. The molecule has 0 spiro atoms. The minimum Gasteiger partial charge on any atom is -0.348 e. The van der Waals surface area contributed by atoms with E-state index in [0.29, 0.717) is 23.7 Å². The largest absolute Gasteiger partial charge is 0.348 e. The minimum atomic E-state index is -0.159. The smallest absolute Gasteiger partial charge is 0.162 e. The van der Waals surface area contributed by atoms with Crippen LogP contribution in [0.15, 0.2) is 11.6 Å². The third-order valence-electron chi connectivity index (χ3n) is 10.5. The highest BCUT2D eigenvalue weighted by molar-refractivity contribution is 5.75. The summed E-state index contributed by atoms with van der Waals surface area (Å²) in [7, 11) is 0. The molecule has 4 aliphatic rings. The Bertz CT molecular complexity index is 779. The van der Waals surface area contributed by atoms with E-state index in [-0.39, 0.29) is 40.5 Å². The molecule has 188 valence electrons. The molecule has 3 fully saturated rings. The molecule has 2 unspecified atom stereocenters. The first-order valence-corrected chi connectivity index (χ1v) is 13.8. The third-order valence-corrected chi connectivity index (χ3v) is 10.5. The van der Waals surface area contributed by atoms with Crippen molar-refractivity contribution in [1.82, 2.24) is 0 Å². The summed E-state index contributed by atoms with van der Waals surface area (Å²) in [4.78, 5) is 11.8. The third kappa shape index (κ3) is 4.51. The van der Waals surface area contributed by atoms with Crippen LogP contribution in [0.5, 0.6) is 0 Å². The number of fused-ring (bicyclic) bond motifs is 2. The second-order valence-corrected chi connectivity index (χ2v) is 14.1. The number of ether oxygens (including phenoxy) is 2. The molecule has 33 heavy (non-hydrogen) atoms. The van der Waals surface area contributed by atoms with Gasteiger partial charge < -0.3 is 14.3 Å². The molecule has 1 heterocycles. The number of allylic oxidation sites excluding steroid dienone is 2. The van der Waals surface area contributed by atoms with Gasteiger partial charge in [-0.25, -0.2) is 0 Å². The molecular formula is C30H50O3. The molecule has 7 atom stereocenters. The maximum absolute atomic E-state index is 11.8. The van der Waals surface area contributed by atoms with Crippen LogP contribution in [0.3, 0.4) is 0 Å². The molecule has 4 rings (SSSR count). The number of Topliss-reactive ketones (excluding diaryl/α,β-unsaturated/α-hetero) is 1. The van der Waals surface area contributed by atoms with Crippen molar-refractivity contribution in [3.63, 3.8) is 0 Å². The SMILES string of the molecule is CC(=O)CCC1OC(O[C@@H]2CCC(C)=C[C@@H]3C(C)(C)CCC[C@]32C)[C@H]2C(C)(C)CCC[C@@]12C. The van der Waals surface area contributed by atoms with Crippen LogP contribution in [-0.4, -0.2) is 24.3 Å². The van der Waals surface area contributed by atoms with Crippen molar-refractivity contribution in [2.75, 3.05) is 0 Å². The van der Waals surface area contributed by atoms with E-state index in [9.17, 15) is 4.79 Å². The van der Waals surface area contributed by atoms with Crippen molar-refractivity contribution in [3.8, 4) is 0 Å². The molecule has 2 saturated carbocycles. The van der Waals surface area contributed by atoms with Gasteiger partial charge in [0.05, 0.1) is 12.2 Å². The van der Waals surface area contributed by atoms with E-state index in [1.54, 1.807) is 6.92 Å². The fourth-order valence-electron chi connectivity index (χ4n) is 8.76. The molecule has 0 aromatic heterocycles. The molecule has 3 nitrogen and oxygen atoms in total. The van der Waals surface area contributed by atoms with Crippen molar-refractivity contribution in [2.45, 2.75) is 138 Å². The van der Waals surface area contributed by atoms with Gasteiger partial charge in [-0.3, -0.25) is 0 Å². The normalized spacial score (nSPS) is 44.4. The summed E-state index contributed by atoms with van der Waals surface area (Å²) in [5.41, 5.74) is 2.26. The number of rotatable bonds is 5. The van der Waals surface area contributed by atoms with Gasteiger partial charge in [-0.1, -0.05) is 66.0 Å². The van der Waals surface area contributed by atoms with E-state index in [4.69, 9.17) is 9.47 Å². The van der Waals surface area contributed by atoms with E-state index in [1.165, 1.54) is 44.1 Å². The molecule has 0 aromatic carbocycles. The van der Waals surface area contributed by atoms with Crippen LogP contribution >= 0.6 is 0 Å². The number of carbonyl (C=O) groups is 1. The predicted octanol–water partition coefficient (Wildman–Crippen LogP) is 7.87. The van der Waals surface area contributed by atoms with Crippen LogP contribution in [0.1, 0.15) is 120 Å². The molecule has 0 radical (unpaired) electrons. The van der Waals surface area contributed by atoms with Crippen molar-refractivity contribution in [2.24, 2.45) is 33.5 Å². The summed E-state index contributed by atoms with van der Waals surface area (Å²) in [6.45, 7) is 18.7. The molecule has 3 heteroatoms. The van der Waals surface area contributed by atoms with Crippen molar-refractivity contribution in [3.05, 3.63) is 11.6 Å². The second kappa shape index (κ2) is 8.77. The first kappa shape index (κ1) is 25.4. The Morgan fingerprint density at radius 1 is 1.00 bits per heavy atom. The van der Waals surface area contributed by atoms with Crippen LogP contribution in [0.2, 0.25) is 0 Å². The van der Waals surface area contributed by atoms with Crippen LogP contribution in [0.4, 0.5) is 0 Å². The van der Waals surface area contributed by atoms with Gasteiger partial charge in [0.15, 0.2) is 6.29 Å². The molecule has 0 aromatic rings. The lowest BCUT2D eigenvalue weighted by molar-refractivity contribution is -0.229. The van der Waals surface area contributed by atoms with Gasteiger partial charge in [0.1, 0.15) is 5.78 Å². The molecule has 0 amide bonds. The lowest BCUT2D eigenvalue weighted by Crippen LogP contribution is -2.51. The van der Waals surface area contributed by atoms with Gasteiger partial charge in [0, 0.05) is 23.2 Å². The fraction of sp³-hybridized carbons (Fsp3) is 0.900. The summed E-state index contributed by atoms with van der Waals surface area (Å²) in [5.74, 6) is 1.20. The van der Waals surface area contributed by atoms with Gasteiger partial charge in [-0.15, -0.1) is 0 Å². The van der Waals surface area contributed by atoms with E-state index in [2.05, 4.69) is 54.5 Å². The maximum Gasteiger partial charge on any atom is 0.162 e. The van der Waals surface area contributed by atoms with Crippen molar-refractivity contribution >= 4 is 5.78 Å². The summed E-state index contributed by atoms with van der Waals surface area (Å²) in [6.07, 6.45) is 13.9. The summed E-state index contributed by atoms with van der Waals surface area (Å²) >= 11 is 0. The van der Waals surface area contributed by atoms with E-state index < -0.39 is 0 Å². The van der Waals surface area contributed by atoms with E-state index in [0.717, 1.165) is 19.3 Å². The number of hydrogen-bond donors (Lipinski definition) is 0. The molecule has 1 aliphatic heterocycles. The Hall–Kier alpha value is -0.670. The average molecular weight is 459 g/mol. The summed E-state index contributed by atoms with van der Waals surface area (Å²) < 4.78 is 14.1. The van der Waals surface area contributed by atoms with E-state index in [1.807, 2.05) is 0 Å². The quantitative estimate of drug-likeness (QED) is 0.393. The molecule has 0 N–H and O–H groups in total. The molecule has 1 saturated heterocycles. The lowest BCUT2D eigenvalue weighted by Gasteiger charge is -2.54. The standard InChI is InChI=1S/C30H50O3/c1-20-11-13-23(29(7)17-9-15-27(3,4)22(29)19-20)32-26-25-28(5,6)16-10-18-30(25,8)24(33-26)14-12-21(2)31/h19,22-26H,9-18H2,1-8H3/t22-,23-,24?,25+,26?,29-,30+/m1/s1. The second-order valence-electron chi connectivity index (χ2n) is 14.1. The first-order valence-electron chi connectivity index (χ1n) is 13.8. The van der Waals surface area contributed by atoms with Crippen LogP contribution in [-0.2, 0) is 14.3 Å². The highest BCUT2D eigenvalue weighted by Gasteiger charge is 2.61. The number of hydrogen-bond acceptors (Lipinski definition) is 3. The highest BCUT2D eigenvalue weighted by Crippen LogP contribution is 2.62.